The van der Waals surface area contributed by atoms with Crippen LogP contribution in [0, 0.1) is 23.7 Å². The lowest BCUT2D eigenvalue weighted by Gasteiger charge is -2.14. The first-order valence-corrected chi connectivity index (χ1v) is 6.10. The maximum absolute atomic E-state index is 2.36. The second-order valence-corrected chi connectivity index (χ2v) is 5.39. The third kappa shape index (κ3) is 6.23. The van der Waals surface area contributed by atoms with Gasteiger partial charge in [0.2, 0.25) is 0 Å². The van der Waals surface area contributed by atoms with Gasteiger partial charge in [-0.2, -0.15) is 0 Å². The molecule has 0 unspecified atom stereocenters. The van der Waals surface area contributed by atoms with Crippen LogP contribution in [-0.4, -0.2) is 0 Å². The van der Waals surface area contributed by atoms with Crippen LogP contribution in [0.2, 0.25) is 0 Å². The maximum Gasteiger partial charge on any atom is -0.0322 e. The fourth-order valence-corrected chi connectivity index (χ4v) is 1.17. The van der Waals surface area contributed by atoms with Gasteiger partial charge in [0, 0.05) is 0 Å². The summed E-state index contributed by atoms with van der Waals surface area (Å²) in [5.41, 5.74) is 0. The van der Waals surface area contributed by atoms with E-state index in [1.165, 1.54) is 12.8 Å². The zero-order chi connectivity index (χ0) is 11.1. The van der Waals surface area contributed by atoms with Crippen molar-refractivity contribution in [2.24, 2.45) is 23.7 Å². The molecular formula is C14H28. The third-order valence-electron chi connectivity index (χ3n) is 3.46. The molecule has 0 aliphatic carbocycles. The fourth-order valence-electron chi connectivity index (χ4n) is 1.17. The summed E-state index contributed by atoms with van der Waals surface area (Å²) in [4.78, 5) is 0. The summed E-state index contributed by atoms with van der Waals surface area (Å²) in [6.07, 6.45) is 7.21. The van der Waals surface area contributed by atoms with Crippen molar-refractivity contribution in [2.45, 2.75) is 54.4 Å². The van der Waals surface area contributed by atoms with Crippen molar-refractivity contribution in [3.05, 3.63) is 12.2 Å². The summed E-state index contributed by atoms with van der Waals surface area (Å²) in [5, 5.41) is 0. The van der Waals surface area contributed by atoms with Crippen molar-refractivity contribution in [2.75, 3.05) is 0 Å². The first-order chi connectivity index (χ1) is 6.45. The minimum Gasteiger partial charge on any atom is -0.0883 e. The normalized spacial score (nSPS) is 16.9. The molecule has 0 aliphatic rings. The molecule has 0 bridgehead atoms. The molecule has 2 atom stereocenters. The van der Waals surface area contributed by atoms with Gasteiger partial charge in [0.15, 0.2) is 0 Å². The molecule has 0 saturated carbocycles. The molecule has 0 aromatic heterocycles. The Morgan fingerprint density at radius 2 is 0.929 bits per heavy atom. The quantitative estimate of drug-likeness (QED) is 0.530. The average Bonchev–Trinajstić information content (AvgIpc) is 2.11. The third-order valence-corrected chi connectivity index (χ3v) is 3.46. The van der Waals surface area contributed by atoms with E-state index < -0.39 is 0 Å². The smallest absolute Gasteiger partial charge is 0.0322 e. The van der Waals surface area contributed by atoms with E-state index in [1.54, 1.807) is 0 Å². The molecule has 0 rings (SSSR count). The number of allylic oxidation sites excluding steroid dienone is 2. The Hall–Kier alpha value is -0.260. The molecule has 0 aromatic carbocycles. The monoisotopic (exact) mass is 196 g/mol. The van der Waals surface area contributed by atoms with Crippen LogP contribution in [0.1, 0.15) is 54.4 Å². The van der Waals surface area contributed by atoms with Crippen molar-refractivity contribution in [3.63, 3.8) is 0 Å². The topological polar surface area (TPSA) is 0 Å². The maximum atomic E-state index is 2.36. The predicted octanol–water partition coefficient (Wildman–Crippen LogP) is 4.91. The Balaban J connectivity index is 3.64. The van der Waals surface area contributed by atoms with Crippen LogP contribution in [0.5, 0.6) is 0 Å². The molecule has 0 fully saturated rings. The number of rotatable bonds is 6. The highest BCUT2D eigenvalue weighted by atomic mass is 14.1. The van der Waals surface area contributed by atoms with Crippen molar-refractivity contribution < 1.29 is 0 Å². The summed E-state index contributed by atoms with van der Waals surface area (Å²) in [6, 6.07) is 0. The van der Waals surface area contributed by atoms with E-state index in [9.17, 15) is 0 Å². The van der Waals surface area contributed by atoms with Gasteiger partial charge in [-0.05, 0) is 36.5 Å². The molecule has 0 radical (unpaired) electrons. The van der Waals surface area contributed by atoms with E-state index in [0.29, 0.717) is 0 Å². The standard InChI is InChI=1S/C14H28/c1-11(2)13(5)9-7-8-10-14(6)12(3)4/h7-8,11-14H,9-10H2,1-6H3/b8-7+/t13-,14-/m0/s1. The van der Waals surface area contributed by atoms with E-state index in [0.717, 1.165) is 23.7 Å². The van der Waals surface area contributed by atoms with Crippen LogP contribution < -0.4 is 0 Å². The Kier molecular flexibility index (Phi) is 6.96. The van der Waals surface area contributed by atoms with Crippen LogP contribution in [0.25, 0.3) is 0 Å². The number of hydrogen-bond donors (Lipinski definition) is 0. The lowest BCUT2D eigenvalue weighted by Crippen LogP contribution is -2.03. The molecule has 0 aromatic rings. The SMILES string of the molecule is CC(C)[C@@H](C)C/C=C/C[C@H](C)C(C)C. The Labute approximate surface area is 90.8 Å². The van der Waals surface area contributed by atoms with Crippen LogP contribution >= 0.6 is 0 Å². The minimum atomic E-state index is 0.808. The Morgan fingerprint density at radius 3 is 1.14 bits per heavy atom. The second kappa shape index (κ2) is 7.09. The van der Waals surface area contributed by atoms with Gasteiger partial charge < -0.3 is 0 Å². The molecule has 0 spiro atoms. The van der Waals surface area contributed by atoms with Crippen LogP contribution in [0.15, 0.2) is 12.2 Å². The van der Waals surface area contributed by atoms with Crippen molar-refractivity contribution in [1.82, 2.24) is 0 Å². The predicted molar refractivity (Wildman–Crippen MR) is 66.4 cm³/mol. The molecule has 0 saturated heterocycles. The Bertz CT molecular complexity index is 135. The molecule has 0 heteroatoms. The van der Waals surface area contributed by atoms with Crippen molar-refractivity contribution >= 4 is 0 Å². The molecule has 0 amide bonds. The molecule has 14 heavy (non-hydrogen) atoms. The van der Waals surface area contributed by atoms with E-state index in [-0.39, 0.29) is 0 Å². The van der Waals surface area contributed by atoms with Crippen molar-refractivity contribution in [1.29, 1.82) is 0 Å². The highest BCUT2D eigenvalue weighted by molar-refractivity contribution is 4.85. The zero-order valence-electron chi connectivity index (χ0n) is 10.9. The van der Waals surface area contributed by atoms with E-state index >= 15 is 0 Å². The molecular weight excluding hydrogens is 168 g/mol. The van der Waals surface area contributed by atoms with E-state index in [1.807, 2.05) is 0 Å². The van der Waals surface area contributed by atoms with Crippen LogP contribution in [0.4, 0.5) is 0 Å². The van der Waals surface area contributed by atoms with Crippen LogP contribution in [-0.2, 0) is 0 Å². The zero-order valence-corrected chi connectivity index (χ0v) is 10.9. The van der Waals surface area contributed by atoms with E-state index in [2.05, 4.69) is 53.7 Å². The second-order valence-electron chi connectivity index (χ2n) is 5.39. The summed E-state index contributed by atoms with van der Waals surface area (Å²) in [6.45, 7) is 13.9. The highest BCUT2D eigenvalue weighted by Crippen LogP contribution is 2.17. The molecule has 0 N–H and O–H groups in total. The van der Waals surface area contributed by atoms with Gasteiger partial charge in [-0.3, -0.25) is 0 Å². The summed E-state index contributed by atoms with van der Waals surface area (Å²) >= 11 is 0. The van der Waals surface area contributed by atoms with Gasteiger partial charge >= 0.3 is 0 Å². The first-order valence-electron chi connectivity index (χ1n) is 6.10. The van der Waals surface area contributed by atoms with Crippen LogP contribution in [0.3, 0.4) is 0 Å². The van der Waals surface area contributed by atoms with Crippen molar-refractivity contribution in [3.8, 4) is 0 Å². The minimum absolute atomic E-state index is 0.808. The lowest BCUT2D eigenvalue weighted by molar-refractivity contribution is 0.415. The van der Waals surface area contributed by atoms with Gasteiger partial charge in [0.1, 0.15) is 0 Å². The molecule has 0 aliphatic heterocycles. The first kappa shape index (κ1) is 13.7. The molecule has 84 valence electrons. The largest absolute Gasteiger partial charge is 0.0883 e. The van der Waals surface area contributed by atoms with Gasteiger partial charge in [0.05, 0.1) is 0 Å². The van der Waals surface area contributed by atoms with Gasteiger partial charge in [-0.25, -0.2) is 0 Å². The number of hydrogen-bond acceptors (Lipinski definition) is 0. The highest BCUT2D eigenvalue weighted by Gasteiger charge is 2.05. The summed E-state index contributed by atoms with van der Waals surface area (Å²) < 4.78 is 0. The average molecular weight is 196 g/mol. The van der Waals surface area contributed by atoms with Gasteiger partial charge in [-0.1, -0.05) is 53.7 Å². The van der Waals surface area contributed by atoms with Gasteiger partial charge in [0.25, 0.3) is 0 Å². The molecule has 0 heterocycles. The molecule has 0 nitrogen and oxygen atoms in total. The fraction of sp³-hybridized carbons (Fsp3) is 0.857. The summed E-state index contributed by atoms with van der Waals surface area (Å²) in [7, 11) is 0. The van der Waals surface area contributed by atoms with Gasteiger partial charge in [-0.15, -0.1) is 0 Å². The van der Waals surface area contributed by atoms with E-state index in [4.69, 9.17) is 0 Å². The lowest BCUT2D eigenvalue weighted by atomic mass is 9.92. The summed E-state index contributed by atoms with van der Waals surface area (Å²) in [5.74, 6) is 3.26. The Morgan fingerprint density at radius 1 is 0.643 bits per heavy atom.